The van der Waals surface area contributed by atoms with Crippen LogP contribution in [0.2, 0.25) is 0 Å². The van der Waals surface area contributed by atoms with Crippen LogP contribution in [0.1, 0.15) is 33.3 Å². The molecule has 0 aromatic heterocycles. The number of amides is 2. The Morgan fingerprint density at radius 1 is 1.23 bits per heavy atom. The van der Waals surface area contributed by atoms with Gasteiger partial charge in [-0.2, -0.15) is 0 Å². The SMILES string of the molecule is CC(N)C(=O)NC(Cc1ccc(OC(C)(C)C)cc1)C(N)=O. The highest BCUT2D eigenvalue weighted by atomic mass is 16.5. The zero-order valence-electron chi connectivity index (χ0n) is 13.6. The van der Waals surface area contributed by atoms with E-state index in [1.165, 1.54) is 0 Å². The molecule has 1 rings (SSSR count). The molecule has 0 bridgehead atoms. The summed E-state index contributed by atoms with van der Waals surface area (Å²) in [4.78, 5) is 23.1. The van der Waals surface area contributed by atoms with E-state index < -0.39 is 23.9 Å². The lowest BCUT2D eigenvalue weighted by Gasteiger charge is -2.21. The van der Waals surface area contributed by atoms with E-state index in [9.17, 15) is 9.59 Å². The third-order valence-electron chi connectivity index (χ3n) is 2.86. The summed E-state index contributed by atoms with van der Waals surface area (Å²) in [6, 6.07) is 5.86. The van der Waals surface area contributed by atoms with Crippen molar-refractivity contribution in [1.29, 1.82) is 0 Å². The van der Waals surface area contributed by atoms with Crippen LogP contribution in [0.4, 0.5) is 0 Å². The van der Waals surface area contributed by atoms with Gasteiger partial charge in [0.2, 0.25) is 11.8 Å². The van der Waals surface area contributed by atoms with Crippen molar-refractivity contribution >= 4 is 11.8 Å². The van der Waals surface area contributed by atoms with Gasteiger partial charge < -0.3 is 21.5 Å². The Hall–Kier alpha value is -2.08. The maximum absolute atomic E-state index is 11.6. The fraction of sp³-hybridized carbons (Fsp3) is 0.500. The predicted octanol–water partition coefficient (Wildman–Crippen LogP) is 0.724. The van der Waals surface area contributed by atoms with Crippen molar-refractivity contribution in [1.82, 2.24) is 5.32 Å². The zero-order valence-corrected chi connectivity index (χ0v) is 13.6. The summed E-state index contributed by atoms with van der Waals surface area (Å²) < 4.78 is 5.73. The first-order valence-corrected chi connectivity index (χ1v) is 7.22. The minimum atomic E-state index is -0.784. The number of nitrogens with two attached hydrogens (primary N) is 2. The molecule has 1 aromatic carbocycles. The van der Waals surface area contributed by atoms with Crippen LogP contribution in [0.25, 0.3) is 0 Å². The van der Waals surface area contributed by atoms with Gasteiger partial charge in [0.1, 0.15) is 17.4 Å². The molecule has 2 unspecified atom stereocenters. The lowest BCUT2D eigenvalue weighted by Crippen LogP contribution is -2.50. The zero-order chi connectivity index (χ0) is 16.9. The number of nitrogens with one attached hydrogen (secondary N) is 1. The van der Waals surface area contributed by atoms with Crippen LogP contribution in [0.15, 0.2) is 24.3 Å². The molecule has 0 radical (unpaired) electrons. The maximum atomic E-state index is 11.6. The number of benzene rings is 1. The van der Waals surface area contributed by atoms with Gasteiger partial charge in [0, 0.05) is 6.42 Å². The van der Waals surface area contributed by atoms with Crippen LogP contribution < -0.4 is 21.5 Å². The number of ether oxygens (including phenoxy) is 1. The van der Waals surface area contributed by atoms with Gasteiger partial charge in [-0.15, -0.1) is 0 Å². The Morgan fingerprint density at radius 3 is 2.18 bits per heavy atom. The normalized spacial score (nSPS) is 14.0. The number of carbonyl (C=O) groups is 2. The van der Waals surface area contributed by atoms with E-state index in [-0.39, 0.29) is 5.60 Å². The number of hydrogen-bond acceptors (Lipinski definition) is 4. The first-order valence-electron chi connectivity index (χ1n) is 7.22. The molecule has 0 aliphatic heterocycles. The Morgan fingerprint density at radius 2 is 1.77 bits per heavy atom. The van der Waals surface area contributed by atoms with Crippen molar-refractivity contribution in [2.75, 3.05) is 0 Å². The van der Waals surface area contributed by atoms with Crippen molar-refractivity contribution in [3.63, 3.8) is 0 Å². The molecule has 0 fully saturated rings. The maximum Gasteiger partial charge on any atom is 0.240 e. The molecule has 22 heavy (non-hydrogen) atoms. The molecule has 2 atom stereocenters. The summed E-state index contributed by atoms with van der Waals surface area (Å²) in [6.45, 7) is 7.45. The second-order valence-electron chi connectivity index (χ2n) is 6.31. The van der Waals surface area contributed by atoms with E-state index in [2.05, 4.69) is 5.32 Å². The Balaban J connectivity index is 2.74. The minimum Gasteiger partial charge on any atom is -0.488 e. The molecule has 0 spiro atoms. The lowest BCUT2D eigenvalue weighted by molar-refractivity contribution is -0.127. The first-order chi connectivity index (χ1) is 10.1. The first kappa shape index (κ1) is 18.0. The summed E-state index contributed by atoms with van der Waals surface area (Å²) in [5.41, 5.74) is 11.4. The lowest BCUT2D eigenvalue weighted by atomic mass is 10.0. The van der Waals surface area contributed by atoms with E-state index in [1.807, 2.05) is 45.0 Å². The van der Waals surface area contributed by atoms with Crippen LogP contribution >= 0.6 is 0 Å². The summed E-state index contributed by atoms with van der Waals surface area (Å²) in [5, 5.41) is 2.55. The quantitative estimate of drug-likeness (QED) is 0.720. The van der Waals surface area contributed by atoms with Crippen LogP contribution in [0.5, 0.6) is 5.75 Å². The molecule has 0 saturated carbocycles. The van der Waals surface area contributed by atoms with Crippen LogP contribution in [0, 0.1) is 0 Å². The number of primary amides is 1. The van der Waals surface area contributed by atoms with Gasteiger partial charge in [-0.25, -0.2) is 0 Å². The molecule has 1 aromatic rings. The van der Waals surface area contributed by atoms with Crippen molar-refractivity contribution in [2.45, 2.75) is 51.8 Å². The average molecular weight is 307 g/mol. The molecule has 6 heteroatoms. The van der Waals surface area contributed by atoms with E-state index in [0.29, 0.717) is 6.42 Å². The van der Waals surface area contributed by atoms with Crippen LogP contribution in [-0.4, -0.2) is 29.5 Å². The topological polar surface area (TPSA) is 107 Å². The Kier molecular flexibility index (Phi) is 5.93. The summed E-state index contributed by atoms with van der Waals surface area (Å²) >= 11 is 0. The highest BCUT2D eigenvalue weighted by Gasteiger charge is 2.20. The van der Waals surface area contributed by atoms with Gasteiger partial charge in [-0.05, 0) is 45.4 Å². The molecule has 0 saturated heterocycles. The molecule has 0 aliphatic rings. The standard InChI is InChI=1S/C16H25N3O3/c1-10(17)15(21)19-13(14(18)20)9-11-5-7-12(8-6-11)22-16(2,3)4/h5-8,10,13H,9,17H2,1-4H3,(H2,18,20)(H,19,21). The van der Waals surface area contributed by atoms with Gasteiger partial charge in [0.05, 0.1) is 6.04 Å². The molecular formula is C16H25N3O3. The number of rotatable bonds is 6. The average Bonchev–Trinajstić information content (AvgIpc) is 2.38. The molecule has 0 aliphatic carbocycles. The largest absolute Gasteiger partial charge is 0.488 e. The number of carbonyl (C=O) groups excluding carboxylic acids is 2. The van der Waals surface area contributed by atoms with Crippen molar-refractivity contribution in [3.05, 3.63) is 29.8 Å². The van der Waals surface area contributed by atoms with E-state index in [0.717, 1.165) is 11.3 Å². The third-order valence-corrected chi connectivity index (χ3v) is 2.86. The molecule has 0 heterocycles. The molecule has 5 N–H and O–H groups in total. The number of hydrogen-bond donors (Lipinski definition) is 3. The van der Waals surface area contributed by atoms with E-state index >= 15 is 0 Å². The van der Waals surface area contributed by atoms with Gasteiger partial charge >= 0.3 is 0 Å². The fourth-order valence-electron chi connectivity index (χ4n) is 1.81. The highest BCUT2D eigenvalue weighted by Crippen LogP contribution is 2.19. The van der Waals surface area contributed by atoms with Gasteiger partial charge in [0.25, 0.3) is 0 Å². The Bertz CT molecular complexity index is 518. The van der Waals surface area contributed by atoms with Crippen molar-refractivity contribution < 1.29 is 14.3 Å². The molecule has 2 amide bonds. The van der Waals surface area contributed by atoms with Gasteiger partial charge in [0.15, 0.2) is 0 Å². The minimum absolute atomic E-state index is 0.275. The van der Waals surface area contributed by atoms with E-state index in [4.69, 9.17) is 16.2 Å². The highest BCUT2D eigenvalue weighted by molar-refractivity contribution is 5.88. The molecule has 122 valence electrons. The Labute approximate surface area is 131 Å². The summed E-state index contributed by atoms with van der Waals surface area (Å²) in [7, 11) is 0. The van der Waals surface area contributed by atoms with Crippen molar-refractivity contribution in [2.24, 2.45) is 11.5 Å². The smallest absolute Gasteiger partial charge is 0.240 e. The van der Waals surface area contributed by atoms with Crippen LogP contribution in [-0.2, 0) is 16.0 Å². The predicted molar refractivity (Wildman–Crippen MR) is 85.3 cm³/mol. The second-order valence-corrected chi connectivity index (χ2v) is 6.31. The monoisotopic (exact) mass is 307 g/mol. The third kappa shape index (κ3) is 6.13. The molecular weight excluding hydrogens is 282 g/mol. The second kappa shape index (κ2) is 7.26. The van der Waals surface area contributed by atoms with Crippen LogP contribution in [0.3, 0.4) is 0 Å². The summed E-state index contributed by atoms with van der Waals surface area (Å²) in [6.07, 6.45) is 0.309. The van der Waals surface area contributed by atoms with Gasteiger partial charge in [-0.3, -0.25) is 9.59 Å². The van der Waals surface area contributed by atoms with Crippen molar-refractivity contribution in [3.8, 4) is 5.75 Å². The summed E-state index contributed by atoms with van der Waals surface area (Å²) in [5.74, 6) is -0.257. The van der Waals surface area contributed by atoms with Gasteiger partial charge in [-0.1, -0.05) is 12.1 Å². The van der Waals surface area contributed by atoms with E-state index in [1.54, 1.807) is 6.92 Å². The fourth-order valence-corrected chi connectivity index (χ4v) is 1.81. The molecule has 6 nitrogen and oxygen atoms in total.